The molecule has 194 valence electrons. The lowest BCUT2D eigenvalue weighted by Gasteiger charge is -2.32. The van der Waals surface area contributed by atoms with Crippen LogP contribution in [0.1, 0.15) is 50.6 Å². The normalized spacial score (nSPS) is 21.7. The molecule has 1 aliphatic heterocycles. The number of likely N-dealkylation sites (N-methyl/N-ethyl adjacent to an activating group) is 1. The summed E-state index contributed by atoms with van der Waals surface area (Å²) in [6, 6.07) is 7.04. The third-order valence-electron chi connectivity index (χ3n) is 8.11. The molecule has 3 heterocycles. The quantitative estimate of drug-likeness (QED) is 0.382. The number of benzene rings is 1. The summed E-state index contributed by atoms with van der Waals surface area (Å²) in [7, 11) is 6.45. The van der Waals surface area contributed by atoms with Crippen molar-refractivity contribution < 1.29 is 0 Å². The number of aromatic nitrogens is 3. The Labute approximate surface area is 214 Å². The summed E-state index contributed by atoms with van der Waals surface area (Å²) in [4.78, 5) is 30.8. The van der Waals surface area contributed by atoms with E-state index in [-0.39, 0.29) is 11.6 Å². The van der Waals surface area contributed by atoms with Gasteiger partial charge in [-0.3, -0.25) is 14.3 Å². The van der Waals surface area contributed by atoms with Crippen molar-refractivity contribution in [1.82, 2.24) is 29.2 Å². The van der Waals surface area contributed by atoms with Crippen LogP contribution < -0.4 is 10.9 Å². The molecule has 2 aromatic heterocycles. The maximum atomic E-state index is 14.1. The molecule has 0 radical (unpaired) electrons. The summed E-state index contributed by atoms with van der Waals surface area (Å²) >= 11 is 0. The highest BCUT2D eigenvalue weighted by Gasteiger charge is 2.30. The number of anilines is 1. The van der Waals surface area contributed by atoms with Crippen molar-refractivity contribution in [2.24, 2.45) is 0 Å². The van der Waals surface area contributed by atoms with Gasteiger partial charge >= 0.3 is 0 Å². The predicted molar refractivity (Wildman–Crippen MR) is 148 cm³/mol. The average Bonchev–Trinajstić information content (AvgIpc) is 3.36. The van der Waals surface area contributed by atoms with Crippen LogP contribution in [0.3, 0.4) is 0 Å². The van der Waals surface area contributed by atoms with Gasteiger partial charge in [-0.25, -0.2) is 4.98 Å². The second kappa shape index (κ2) is 10.8. The molecule has 0 amide bonds. The molecule has 2 aliphatic rings. The van der Waals surface area contributed by atoms with Crippen LogP contribution in [0, 0.1) is 0 Å². The van der Waals surface area contributed by atoms with E-state index in [1.54, 1.807) is 0 Å². The molecule has 1 N–H and O–H groups in total. The molecular formula is C28H41N7O. The Morgan fingerprint density at radius 1 is 1.08 bits per heavy atom. The number of piperazine rings is 1. The van der Waals surface area contributed by atoms with Gasteiger partial charge in [-0.05, 0) is 63.8 Å². The number of nitrogens with zero attached hydrogens (tertiary/aromatic N) is 6. The van der Waals surface area contributed by atoms with Gasteiger partial charge in [0.05, 0.1) is 0 Å². The smallest absolute Gasteiger partial charge is 0.260 e. The molecule has 1 aliphatic carbocycles. The number of unbranched alkanes of at least 4 members (excludes halogenated alkanes) is 1. The minimum atomic E-state index is 0.0836. The molecule has 0 bridgehead atoms. The van der Waals surface area contributed by atoms with Crippen molar-refractivity contribution >= 4 is 27.8 Å². The molecule has 2 fully saturated rings. The molecule has 1 unspecified atom stereocenters. The van der Waals surface area contributed by atoms with Crippen molar-refractivity contribution in [1.29, 1.82) is 0 Å². The maximum absolute atomic E-state index is 14.1. The highest BCUT2D eigenvalue weighted by Crippen LogP contribution is 2.34. The van der Waals surface area contributed by atoms with Gasteiger partial charge in [0.25, 0.3) is 5.56 Å². The van der Waals surface area contributed by atoms with Gasteiger partial charge in [0.2, 0.25) is 5.95 Å². The van der Waals surface area contributed by atoms with Gasteiger partial charge < -0.3 is 15.1 Å². The fourth-order valence-electron chi connectivity index (χ4n) is 5.78. The van der Waals surface area contributed by atoms with Gasteiger partial charge in [-0.15, -0.1) is 0 Å². The topological polar surface area (TPSA) is 69.5 Å². The summed E-state index contributed by atoms with van der Waals surface area (Å²) in [5.41, 5.74) is 2.05. The molecule has 8 heteroatoms. The Hall–Kier alpha value is -2.55. The first kappa shape index (κ1) is 25.1. The molecule has 1 saturated heterocycles. The Morgan fingerprint density at radius 3 is 2.61 bits per heavy atom. The van der Waals surface area contributed by atoms with Crippen LogP contribution in [-0.4, -0.2) is 89.1 Å². The second-order valence-electron chi connectivity index (χ2n) is 10.9. The molecule has 5 rings (SSSR count). The van der Waals surface area contributed by atoms with Crippen molar-refractivity contribution in [2.75, 3.05) is 59.2 Å². The van der Waals surface area contributed by atoms with Gasteiger partial charge in [0.1, 0.15) is 5.65 Å². The summed E-state index contributed by atoms with van der Waals surface area (Å²) in [6.07, 6.45) is 7.15. The van der Waals surface area contributed by atoms with Crippen LogP contribution in [0.5, 0.6) is 0 Å². The first-order valence-electron chi connectivity index (χ1n) is 13.6. The lowest BCUT2D eigenvalue weighted by atomic mass is 10.0. The van der Waals surface area contributed by atoms with Gasteiger partial charge in [0.15, 0.2) is 0 Å². The zero-order valence-electron chi connectivity index (χ0n) is 22.3. The third-order valence-corrected chi connectivity index (χ3v) is 8.11. The van der Waals surface area contributed by atoms with Crippen LogP contribution in [0.4, 0.5) is 5.95 Å². The lowest BCUT2D eigenvalue weighted by Crippen LogP contribution is -2.43. The van der Waals surface area contributed by atoms with Crippen LogP contribution in [-0.2, 0) is 6.54 Å². The molecular weight excluding hydrogens is 450 g/mol. The van der Waals surface area contributed by atoms with Gasteiger partial charge in [0, 0.05) is 68.3 Å². The first-order chi connectivity index (χ1) is 17.4. The monoisotopic (exact) mass is 491 g/mol. The van der Waals surface area contributed by atoms with Crippen LogP contribution in [0.2, 0.25) is 0 Å². The van der Waals surface area contributed by atoms with Crippen molar-refractivity contribution in [3.8, 4) is 0 Å². The number of hydrogen-bond donors (Lipinski definition) is 1. The number of hydrogen-bond acceptors (Lipinski definition) is 7. The molecule has 3 aromatic rings. The van der Waals surface area contributed by atoms with E-state index in [4.69, 9.17) is 4.98 Å². The summed E-state index contributed by atoms with van der Waals surface area (Å²) in [5, 5.41) is 6.06. The third kappa shape index (κ3) is 5.12. The van der Waals surface area contributed by atoms with E-state index in [2.05, 4.69) is 71.3 Å². The first-order valence-corrected chi connectivity index (χ1v) is 13.6. The van der Waals surface area contributed by atoms with E-state index in [1.807, 2.05) is 10.8 Å². The van der Waals surface area contributed by atoms with E-state index < -0.39 is 0 Å². The summed E-state index contributed by atoms with van der Waals surface area (Å²) in [6.45, 7) is 8.19. The van der Waals surface area contributed by atoms with E-state index in [9.17, 15) is 4.79 Å². The van der Waals surface area contributed by atoms with E-state index in [0.29, 0.717) is 12.0 Å². The minimum absolute atomic E-state index is 0.0836. The predicted octanol–water partition coefficient (Wildman–Crippen LogP) is 3.56. The van der Waals surface area contributed by atoms with Gasteiger partial charge in [-0.2, -0.15) is 4.98 Å². The summed E-state index contributed by atoms with van der Waals surface area (Å²) in [5.74, 6) is 0.609. The maximum Gasteiger partial charge on any atom is 0.260 e. The zero-order valence-corrected chi connectivity index (χ0v) is 22.3. The van der Waals surface area contributed by atoms with Gasteiger partial charge in [-0.1, -0.05) is 25.5 Å². The van der Waals surface area contributed by atoms with Crippen LogP contribution >= 0.6 is 0 Å². The number of pyridine rings is 1. The highest BCUT2D eigenvalue weighted by molar-refractivity contribution is 6.04. The van der Waals surface area contributed by atoms with E-state index in [0.717, 1.165) is 93.2 Å². The average molecular weight is 492 g/mol. The molecule has 2 atom stereocenters. The second-order valence-corrected chi connectivity index (χ2v) is 10.9. The highest BCUT2D eigenvalue weighted by atomic mass is 16.1. The van der Waals surface area contributed by atoms with Crippen LogP contribution in [0.15, 0.2) is 29.2 Å². The molecule has 36 heavy (non-hydrogen) atoms. The van der Waals surface area contributed by atoms with E-state index in [1.165, 1.54) is 5.56 Å². The Kier molecular flexibility index (Phi) is 7.55. The Bertz CT molecular complexity index is 1260. The van der Waals surface area contributed by atoms with Crippen molar-refractivity contribution in [3.63, 3.8) is 0 Å². The standard InChI is InChI=1S/C28H41N7O/c1-5-6-11-29-28-30-18-25-23-10-7-20(19-34-14-12-33(4)13-15-34)16-24(23)27(36)35(26(25)31-28)22-9-8-21(17-22)32(2)3/h7,10,16,18,21-22H,5-6,8-9,11-15,17,19H2,1-4H3,(H,29,30,31)/t21?,22-/m0/s1. The fraction of sp³-hybridized carbons (Fsp3) is 0.607. The Balaban J connectivity index is 1.57. The van der Waals surface area contributed by atoms with Crippen molar-refractivity contribution in [2.45, 2.75) is 57.7 Å². The molecule has 0 spiro atoms. The lowest BCUT2D eigenvalue weighted by molar-refractivity contribution is 0.148. The Morgan fingerprint density at radius 2 is 1.89 bits per heavy atom. The fourth-order valence-corrected chi connectivity index (χ4v) is 5.78. The largest absolute Gasteiger partial charge is 0.354 e. The number of fused-ring (bicyclic) bond motifs is 3. The van der Waals surface area contributed by atoms with Crippen molar-refractivity contribution in [3.05, 3.63) is 40.3 Å². The molecule has 8 nitrogen and oxygen atoms in total. The summed E-state index contributed by atoms with van der Waals surface area (Å²) < 4.78 is 1.99. The number of nitrogens with one attached hydrogen (secondary N) is 1. The van der Waals surface area contributed by atoms with Crippen LogP contribution in [0.25, 0.3) is 21.8 Å². The SMILES string of the molecule is CCCCNc1ncc2c3ccc(CN4CCN(C)CC4)cc3c(=O)n([C@H]3CCC(N(C)C)C3)c2n1. The number of rotatable bonds is 8. The molecule has 1 aromatic carbocycles. The minimum Gasteiger partial charge on any atom is -0.354 e. The zero-order chi connectivity index (χ0) is 25.2. The van der Waals surface area contributed by atoms with E-state index >= 15 is 0 Å². The molecule has 1 saturated carbocycles.